The predicted molar refractivity (Wildman–Crippen MR) is 116 cm³/mol. The minimum atomic E-state index is -5.08. The number of imide groups is 1. The summed E-state index contributed by atoms with van der Waals surface area (Å²) in [4.78, 5) is 47.2. The minimum Gasteiger partial charge on any atom is -0.480 e. The van der Waals surface area contributed by atoms with Gasteiger partial charge in [-0.25, -0.2) is 13.2 Å². The third kappa shape index (κ3) is 7.97. The number of amides is 2. The number of halogens is 3. The summed E-state index contributed by atoms with van der Waals surface area (Å²) in [5.41, 5.74) is 0.768. The second-order valence-corrected chi connectivity index (χ2v) is 9.81. The van der Waals surface area contributed by atoms with Crippen LogP contribution >= 0.6 is 0 Å². The van der Waals surface area contributed by atoms with Crippen LogP contribution in [0.15, 0.2) is 18.2 Å². The lowest BCUT2D eigenvalue weighted by Gasteiger charge is -2.29. The molecule has 1 aromatic carbocycles. The average Bonchev–Trinajstić information content (AvgIpc) is 3.00. The second-order valence-electron chi connectivity index (χ2n) is 7.82. The number of carbonyl (C=O) groups is 4. The standard InChI is InChI=1S/C18H23N3O7S.C2HF3O2/c1-29(26,27)20(5-4-19-6-8-28-9-7-19)11-13-2-3-14-15(10-13)18(25)21(17(14)24)12-16(22)23;3-2(4,5)1(6)7/h2-3,10H,4-9,11-12H2,1H3,(H,22,23);(H,6,7). The number of ether oxygens (including phenoxy) is 1. The maximum atomic E-state index is 12.4. The van der Waals surface area contributed by atoms with E-state index in [0.29, 0.717) is 30.2 Å². The van der Waals surface area contributed by atoms with Gasteiger partial charge in [-0.3, -0.25) is 24.2 Å². The highest BCUT2D eigenvalue weighted by Gasteiger charge is 2.38. The highest BCUT2D eigenvalue weighted by molar-refractivity contribution is 7.88. The minimum absolute atomic E-state index is 0.0524. The lowest BCUT2D eigenvalue weighted by molar-refractivity contribution is -0.192. The van der Waals surface area contributed by atoms with Crippen molar-refractivity contribution in [1.29, 1.82) is 0 Å². The molecule has 12 nitrogen and oxygen atoms in total. The third-order valence-corrected chi connectivity index (χ3v) is 6.42. The number of carboxylic acid groups (broad SMARTS) is 2. The molecule has 0 aliphatic carbocycles. The van der Waals surface area contributed by atoms with E-state index < -0.39 is 46.5 Å². The summed E-state index contributed by atoms with van der Waals surface area (Å²) in [5.74, 6) is -5.39. The lowest BCUT2D eigenvalue weighted by atomic mass is 10.1. The van der Waals surface area contributed by atoms with E-state index in [0.717, 1.165) is 19.3 Å². The molecule has 16 heteroatoms. The molecular formula is C20H24F3N3O9S. The first-order valence-corrected chi connectivity index (χ1v) is 12.2. The first-order chi connectivity index (χ1) is 16.6. The molecule has 0 aromatic heterocycles. The van der Waals surface area contributed by atoms with Crippen LogP contribution in [-0.4, -0.2) is 115 Å². The smallest absolute Gasteiger partial charge is 0.480 e. The van der Waals surface area contributed by atoms with Crippen molar-refractivity contribution >= 4 is 33.8 Å². The highest BCUT2D eigenvalue weighted by Crippen LogP contribution is 2.25. The summed E-state index contributed by atoms with van der Waals surface area (Å²) >= 11 is 0. The van der Waals surface area contributed by atoms with Crippen LogP contribution in [0.1, 0.15) is 26.3 Å². The molecule has 0 radical (unpaired) electrons. The van der Waals surface area contributed by atoms with E-state index in [1.54, 1.807) is 6.07 Å². The molecule has 0 unspecified atom stereocenters. The van der Waals surface area contributed by atoms with E-state index in [4.69, 9.17) is 19.7 Å². The van der Waals surface area contributed by atoms with E-state index in [9.17, 15) is 36.0 Å². The Labute approximate surface area is 203 Å². The van der Waals surface area contributed by atoms with Gasteiger partial charge >= 0.3 is 18.1 Å². The van der Waals surface area contributed by atoms with Gasteiger partial charge in [0.2, 0.25) is 10.0 Å². The van der Waals surface area contributed by atoms with Crippen LogP contribution in [0.4, 0.5) is 13.2 Å². The Hall–Kier alpha value is -3.08. The molecular weight excluding hydrogens is 515 g/mol. The maximum absolute atomic E-state index is 12.4. The van der Waals surface area contributed by atoms with Gasteiger partial charge in [-0.1, -0.05) is 6.07 Å². The van der Waals surface area contributed by atoms with Crippen molar-refractivity contribution in [3.63, 3.8) is 0 Å². The van der Waals surface area contributed by atoms with Crippen LogP contribution in [0.25, 0.3) is 0 Å². The van der Waals surface area contributed by atoms with Crippen LogP contribution in [0, 0.1) is 0 Å². The fraction of sp³-hybridized carbons (Fsp3) is 0.500. The summed E-state index contributed by atoms with van der Waals surface area (Å²) in [7, 11) is -3.49. The Morgan fingerprint density at radius 3 is 2.14 bits per heavy atom. The molecule has 2 heterocycles. The Balaban J connectivity index is 0.000000572. The van der Waals surface area contributed by atoms with E-state index >= 15 is 0 Å². The first-order valence-electron chi connectivity index (χ1n) is 10.4. The van der Waals surface area contributed by atoms with Gasteiger partial charge in [0.1, 0.15) is 6.54 Å². The molecule has 1 saturated heterocycles. The van der Waals surface area contributed by atoms with Crippen molar-refractivity contribution in [3.05, 3.63) is 34.9 Å². The van der Waals surface area contributed by atoms with Gasteiger partial charge in [0.15, 0.2) is 0 Å². The van der Waals surface area contributed by atoms with E-state index in [-0.39, 0.29) is 24.2 Å². The number of carbonyl (C=O) groups excluding carboxylic acids is 2. The summed E-state index contributed by atoms with van der Waals surface area (Å²) in [6.07, 6.45) is -3.96. The number of benzene rings is 1. The van der Waals surface area contributed by atoms with Crippen molar-refractivity contribution in [2.75, 3.05) is 52.2 Å². The SMILES string of the molecule is CS(=O)(=O)N(CCN1CCOCC1)Cc1ccc2c(c1)C(=O)N(CC(=O)O)C2=O.O=C(O)C(F)(F)F. The molecule has 2 N–H and O–H groups in total. The van der Waals surface area contributed by atoms with Gasteiger partial charge in [0.05, 0.1) is 30.6 Å². The van der Waals surface area contributed by atoms with E-state index in [1.807, 2.05) is 0 Å². The normalized spacial score (nSPS) is 16.5. The van der Waals surface area contributed by atoms with Crippen LogP contribution in [0.3, 0.4) is 0 Å². The maximum Gasteiger partial charge on any atom is 0.490 e. The topological polar surface area (TPSA) is 162 Å². The van der Waals surface area contributed by atoms with Crippen molar-refractivity contribution in [2.45, 2.75) is 12.7 Å². The molecule has 36 heavy (non-hydrogen) atoms. The van der Waals surface area contributed by atoms with Crippen LogP contribution in [0.5, 0.6) is 0 Å². The zero-order valence-corrected chi connectivity index (χ0v) is 19.8. The molecule has 0 atom stereocenters. The Bertz CT molecular complexity index is 1120. The van der Waals surface area contributed by atoms with Crippen molar-refractivity contribution < 1.29 is 55.7 Å². The number of hydrogen-bond acceptors (Lipinski definition) is 8. The Morgan fingerprint density at radius 2 is 1.64 bits per heavy atom. The quantitative estimate of drug-likeness (QED) is 0.433. The number of hydrogen-bond donors (Lipinski definition) is 2. The zero-order valence-electron chi connectivity index (χ0n) is 19.0. The number of sulfonamides is 1. The number of aliphatic carboxylic acids is 2. The summed E-state index contributed by atoms with van der Waals surface area (Å²) < 4.78 is 62.8. The molecule has 2 amide bonds. The Morgan fingerprint density at radius 1 is 1.08 bits per heavy atom. The predicted octanol–water partition coefficient (Wildman–Crippen LogP) is 0.0943. The van der Waals surface area contributed by atoms with Crippen LogP contribution in [0.2, 0.25) is 0 Å². The average molecular weight is 539 g/mol. The number of fused-ring (bicyclic) bond motifs is 1. The molecule has 0 bridgehead atoms. The molecule has 0 saturated carbocycles. The molecule has 1 fully saturated rings. The molecule has 3 rings (SSSR count). The van der Waals surface area contributed by atoms with Crippen LogP contribution in [-0.2, 0) is 30.9 Å². The summed E-state index contributed by atoms with van der Waals surface area (Å²) in [6, 6.07) is 4.49. The van der Waals surface area contributed by atoms with Gasteiger partial charge in [0, 0.05) is 32.7 Å². The highest BCUT2D eigenvalue weighted by atomic mass is 32.2. The number of nitrogens with zero attached hydrogens (tertiary/aromatic N) is 3. The molecule has 200 valence electrons. The van der Waals surface area contributed by atoms with Crippen molar-refractivity contribution in [3.8, 4) is 0 Å². The fourth-order valence-electron chi connectivity index (χ4n) is 3.36. The van der Waals surface area contributed by atoms with Gasteiger partial charge in [-0.05, 0) is 17.7 Å². The van der Waals surface area contributed by atoms with E-state index in [2.05, 4.69) is 4.90 Å². The molecule has 1 aromatic rings. The van der Waals surface area contributed by atoms with Gasteiger partial charge in [-0.2, -0.15) is 17.5 Å². The zero-order chi connectivity index (χ0) is 27.3. The Kier molecular flexibility index (Phi) is 9.53. The lowest BCUT2D eigenvalue weighted by Crippen LogP contribution is -2.42. The monoisotopic (exact) mass is 539 g/mol. The molecule has 2 aliphatic rings. The summed E-state index contributed by atoms with van der Waals surface area (Å²) in [6.45, 7) is 2.91. The summed E-state index contributed by atoms with van der Waals surface area (Å²) in [5, 5.41) is 16.0. The number of rotatable bonds is 8. The number of morpholine rings is 1. The van der Waals surface area contributed by atoms with E-state index in [1.165, 1.54) is 16.4 Å². The first kappa shape index (κ1) is 29.2. The second kappa shape index (κ2) is 11.8. The van der Waals surface area contributed by atoms with Gasteiger partial charge in [0.25, 0.3) is 11.8 Å². The molecule has 0 spiro atoms. The van der Waals surface area contributed by atoms with Gasteiger partial charge in [-0.15, -0.1) is 0 Å². The number of alkyl halides is 3. The van der Waals surface area contributed by atoms with Crippen molar-refractivity contribution in [1.82, 2.24) is 14.1 Å². The van der Waals surface area contributed by atoms with Gasteiger partial charge < -0.3 is 14.9 Å². The molecule has 2 aliphatic heterocycles. The fourth-order valence-corrected chi connectivity index (χ4v) is 4.16. The van der Waals surface area contributed by atoms with Crippen molar-refractivity contribution in [2.24, 2.45) is 0 Å². The number of carboxylic acids is 2. The third-order valence-electron chi connectivity index (χ3n) is 5.17. The largest absolute Gasteiger partial charge is 0.490 e. The van der Waals surface area contributed by atoms with Crippen LogP contribution < -0.4 is 0 Å².